The maximum absolute atomic E-state index is 2.58. The third-order valence-corrected chi connectivity index (χ3v) is 3.89. The second kappa shape index (κ2) is 4.32. The van der Waals surface area contributed by atoms with Crippen molar-refractivity contribution in [3.63, 3.8) is 0 Å². The predicted octanol–water partition coefficient (Wildman–Crippen LogP) is 3.68. The number of hydrogen-bond acceptors (Lipinski definition) is 1. The van der Waals surface area contributed by atoms with E-state index in [9.17, 15) is 0 Å². The summed E-state index contributed by atoms with van der Waals surface area (Å²) < 4.78 is 0. The highest BCUT2D eigenvalue weighted by Gasteiger charge is 2.24. The number of rotatable bonds is 1. The molecule has 0 amide bonds. The SMILES string of the molecule is C1=C(c2ccccc2)CC[C@@H]2CCCCN12. The van der Waals surface area contributed by atoms with E-state index < -0.39 is 0 Å². The molecule has 1 heteroatoms. The first-order valence-electron chi connectivity index (χ1n) is 6.45. The van der Waals surface area contributed by atoms with Crippen LogP contribution in [0, 0.1) is 0 Å². The van der Waals surface area contributed by atoms with Gasteiger partial charge in [-0.1, -0.05) is 30.3 Å². The van der Waals surface area contributed by atoms with Crippen LogP contribution in [0.3, 0.4) is 0 Å². The molecule has 2 aliphatic rings. The monoisotopic (exact) mass is 213 g/mol. The molecule has 0 aromatic heterocycles. The summed E-state index contributed by atoms with van der Waals surface area (Å²) in [6, 6.07) is 11.7. The summed E-state index contributed by atoms with van der Waals surface area (Å²) in [5, 5.41) is 0. The molecule has 1 atom stereocenters. The fraction of sp³-hybridized carbons (Fsp3) is 0.467. The summed E-state index contributed by atoms with van der Waals surface area (Å²) in [6.07, 6.45) is 9.22. The van der Waals surface area contributed by atoms with Crippen molar-refractivity contribution in [1.29, 1.82) is 0 Å². The van der Waals surface area contributed by atoms with Crippen molar-refractivity contribution in [2.75, 3.05) is 6.54 Å². The van der Waals surface area contributed by atoms with Gasteiger partial charge in [0.2, 0.25) is 0 Å². The first-order valence-corrected chi connectivity index (χ1v) is 6.45. The molecule has 0 aliphatic carbocycles. The summed E-state index contributed by atoms with van der Waals surface area (Å²) in [6.45, 7) is 1.26. The topological polar surface area (TPSA) is 3.24 Å². The van der Waals surface area contributed by atoms with Gasteiger partial charge in [-0.25, -0.2) is 0 Å². The van der Waals surface area contributed by atoms with Crippen LogP contribution >= 0.6 is 0 Å². The van der Waals surface area contributed by atoms with Crippen LogP contribution in [0.2, 0.25) is 0 Å². The molecule has 1 aromatic rings. The van der Waals surface area contributed by atoms with Gasteiger partial charge in [-0.2, -0.15) is 0 Å². The molecular formula is C15H19N. The van der Waals surface area contributed by atoms with Gasteiger partial charge in [-0.05, 0) is 43.2 Å². The maximum Gasteiger partial charge on any atom is 0.0287 e. The van der Waals surface area contributed by atoms with E-state index >= 15 is 0 Å². The summed E-state index contributed by atoms with van der Waals surface area (Å²) in [7, 11) is 0. The van der Waals surface area contributed by atoms with Crippen molar-refractivity contribution in [3.05, 3.63) is 42.1 Å². The van der Waals surface area contributed by atoms with Crippen molar-refractivity contribution in [3.8, 4) is 0 Å². The molecule has 16 heavy (non-hydrogen) atoms. The second-order valence-electron chi connectivity index (χ2n) is 4.95. The minimum atomic E-state index is 0.834. The van der Waals surface area contributed by atoms with Gasteiger partial charge < -0.3 is 4.90 Å². The van der Waals surface area contributed by atoms with Crippen LogP contribution in [0.5, 0.6) is 0 Å². The van der Waals surface area contributed by atoms with Crippen LogP contribution in [-0.4, -0.2) is 17.5 Å². The van der Waals surface area contributed by atoms with Gasteiger partial charge in [0.1, 0.15) is 0 Å². The van der Waals surface area contributed by atoms with Gasteiger partial charge in [0.25, 0.3) is 0 Å². The zero-order valence-corrected chi connectivity index (χ0v) is 9.73. The molecule has 0 spiro atoms. The van der Waals surface area contributed by atoms with Crippen LogP contribution in [0.4, 0.5) is 0 Å². The van der Waals surface area contributed by atoms with Gasteiger partial charge >= 0.3 is 0 Å². The third-order valence-electron chi connectivity index (χ3n) is 3.89. The molecule has 1 fully saturated rings. The van der Waals surface area contributed by atoms with E-state index in [1.807, 2.05) is 0 Å². The molecule has 2 heterocycles. The Morgan fingerprint density at radius 3 is 2.75 bits per heavy atom. The second-order valence-corrected chi connectivity index (χ2v) is 4.95. The molecule has 0 radical (unpaired) electrons. The normalized spacial score (nSPS) is 24.9. The fourth-order valence-corrected chi connectivity index (χ4v) is 2.96. The van der Waals surface area contributed by atoms with Crippen molar-refractivity contribution < 1.29 is 0 Å². The third kappa shape index (κ3) is 1.87. The van der Waals surface area contributed by atoms with Crippen LogP contribution in [0.15, 0.2) is 36.5 Å². The smallest absolute Gasteiger partial charge is 0.0287 e. The highest BCUT2D eigenvalue weighted by Crippen LogP contribution is 2.32. The number of nitrogens with zero attached hydrogens (tertiary/aromatic N) is 1. The largest absolute Gasteiger partial charge is 0.374 e. The van der Waals surface area contributed by atoms with Gasteiger partial charge in [-0.15, -0.1) is 0 Å². The Labute approximate surface area is 97.8 Å². The molecular weight excluding hydrogens is 194 g/mol. The summed E-state index contributed by atoms with van der Waals surface area (Å²) in [5.41, 5.74) is 2.94. The van der Waals surface area contributed by atoms with E-state index in [0.29, 0.717) is 0 Å². The lowest BCUT2D eigenvalue weighted by Gasteiger charge is -2.39. The number of allylic oxidation sites excluding steroid dienone is 1. The van der Waals surface area contributed by atoms with Crippen LogP contribution in [0.25, 0.3) is 5.57 Å². The molecule has 2 aliphatic heterocycles. The predicted molar refractivity (Wildman–Crippen MR) is 68.0 cm³/mol. The molecule has 1 nitrogen and oxygen atoms in total. The van der Waals surface area contributed by atoms with Crippen LogP contribution in [0.1, 0.15) is 37.7 Å². The lowest BCUT2D eigenvalue weighted by Crippen LogP contribution is -2.37. The number of benzene rings is 1. The average molecular weight is 213 g/mol. The lowest BCUT2D eigenvalue weighted by atomic mass is 9.90. The molecule has 1 saturated heterocycles. The van der Waals surface area contributed by atoms with Gasteiger partial charge in [-0.3, -0.25) is 0 Å². The number of piperidine rings is 1. The highest BCUT2D eigenvalue weighted by atomic mass is 15.1. The van der Waals surface area contributed by atoms with E-state index in [1.54, 1.807) is 0 Å². The van der Waals surface area contributed by atoms with Gasteiger partial charge in [0.15, 0.2) is 0 Å². The first-order chi connectivity index (χ1) is 7.93. The molecule has 84 valence electrons. The van der Waals surface area contributed by atoms with E-state index in [-0.39, 0.29) is 0 Å². The Bertz CT molecular complexity index is 380. The van der Waals surface area contributed by atoms with Crippen molar-refractivity contribution in [1.82, 2.24) is 4.90 Å². The maximum atomic E-state index is 2.58. The number of hydrogen-bond donors (Lipinski definition) is 0. The Morgan fingerprint density at radius 2 is 1.88 bits per heavy atom. The molecule has 0 N–H and O–H groups in total. The zero-order valence-electron chi connectivity index (χ0n) is 9.73. The molecule has 1 aromatic carbocycles. The standard InChI is InChI=1S/C15H19N/c1-2-6-13(7-3-1)14-9-10-15-8-4-5-11-16(15)12-14/h1-3,6-7,12,15H,4-5,8-11H2/t15-/m0/s1. The lowest BCUT2D eigenvalue weighted by molar-refractivity contribution is 0.196. The molecule has 3 rings (SSSR count). The Kier molecular flexibility index (Phi) is 2.69. The Hall–Kier alpha value is -1.24. The quantitative estimate of drug-likeness (QED) is 0.688. The Balaban J connectivity index is 1.84. The minimum Gasteiger partial charge on any atom is -0.374 e. The van der Waals surface area contributed by atoms with Crippen molar-refractivity contribution in [2.24, 2.45) is 0 Å². The van der Waals surface area contributed by atoms with Crippen molar-refractivity contribution >= 4 is 5.57 Å². The summed E-state index contributed by atoms with van der Waals surface area (Å²) in [4.78, 5) is 2.58. The van der Waals surface area contributed by atoms with E-state index in [0.717, 1.165) is 6.04 Å². The molecule has 0 unspecified atom stereocenters. The van der Waals surface area contributed by atoms with E-state index in [1.165, 1.54) is 49.8 Å². The highest BCUT2D eigenvalue weighted by molar-refractivity contribution is 5.65. The first kappa shape index (κ1) is 9.95. The van der Waals surface area contributed by atoms with Crippen LogP contribution in [-0.2, 0) is 0 Å². The van der Waals surface area contributed by atoms with E-state index in [2.05, 4.69) is 41.4 Å². The molecule has 0 saturated carbocycles. The molecule has 0 bridgehead atoms. The van der Waals surface area contributed by atoms with Gasteiger partial charge in [0, 0.05) is 18.8 Å². The van der Waals surface area contributed by atoms with Crippen molar-refractivity contribution in [2.45, 2.75) is 38.1 Å². The van der Waals surface area contributed by atoms with Crippen LogP contribution < -0.4 is 0 Å². The van der Waals surface area contributed by atoms with E-state index in [4.69, 9.17) is 0 Å². The fourth-order valence-electron chi connectivity index (χ4n) is 2.96. The number of fused-ring (bicyclic) bond motifs is 1. The summed E-state index contributed by atoms with van der Waals surface area (Å²) in [5.74, 6) is 0. The van der Waals surface area contributed by atoms with Gasteiger partial charge in [0.05, 0.1) is 0 Å². The summed E-state index contributed by atoms with van der Waals surface area (Å²) >= 11 is 0. The minimum absolute atomic E-state index is 0.834. The average Bonchev–Trinajstić information content (AvgIpc) is 2.39. The zero-order chi connectivity index (χ0) is 10.8. The Morgan fingerprint density at radius 1 is 1.00 bits per heavy atom.